The van der Waals surface area contributed by atoms with Gasteiger partial charge in [0.05, 0.1) is 0 Å². The van der Waals surface area contributed by atoms with Crippen LogP contribution >= 0.6 is 0 Å². The fraction of sp³-hybridized carbons (Fsp3) is 0.114. The molecule has 230 valence electrons. The van der Waals surface area contributed by atoms with Crippen molar-refractivity contribution in [3.8, 4) is 45.3 Å². The van der Waals surface area contributed by atoms with Gasteiger partial charge in [0.2, 0.25) is 0 Å². The highest BCUT2D eigenvalue weighted by Crippen LogP contribution is 2.42. The highest BCUT2D eigenvalue weighted by molar-refractivity contribution is 5.95. The molecule has 10 nitrogen and oxygen atoms in total. The van der Waals surface area contributed by atoms with E-state index < -0.39 is 30.0 Å². The molecule has 3 rings (SSSR count). The molecule has 0 spiro atoms. The summed E-state index contributed by atoms with van der Waals surface area (Å²) in [7, 11) is 0. The van der Waals surface area contributed by atoms with Crippen molar-refractivity contribution in [2.45, 2.75) is 27.7 Å². The van der Waals surface area contributed by atoms with Gasteiger partial charge in [0.25, 0.3) is 0 Å². The van der Waals surface area contributed by atoms with E-state index >= 15 is 0 Å². The van der Waals surface area contributed by atoms with Crippen molar-refractivity contribution < 1.29 is 47.7 Å². The Morgan fingerprint density at radius 3 is 1.16 bits per heavy atom. The number of esters is 4. The average molecular weight is 611 g/mol. The van der Waals surface area contributed by atoms with Gasteiger partial charge in [0.15, 0.2) is 0 Å². The molecule has 0 aromatic heterocycles. The van der Waals surface area contributed by atoms with Gasteiger partial charge in [-0.3, -0.25) is 0 Å². The van der Waals surface area contributed by atoms with Crippen LogP contribution in [-0.4, -0.2) is 30.0 Å². The lowest BCUT2D eigenvalue weighted by molar-refractivity contribution is -0.134. The first-order valence-corrected chi connectivity index (χ1v) is 13.3. The summed E-state index contributed by atoms with van der Waals surface area (Å²) in [6.45, 7) is 20.1. The molecule has 45 heavy (non-hydrogen) atoms. The minimum atomic E-state index is -1.24. The SMILES string of the molecule is C=C(C)C(=O)OC(=O)Oc1ccc(-c2cc(OC(=O)C(=C)C)c(-c3ccc(OC(=O)C(=C)C)cc3)cc2OC(=O)C(=C)C)cc1. The Hall–Kier alpha value is -6.03. The molecule has 10 heteroatoms. The van der Waals surface area contributed by atoms with E-state index in [0.717, 1.165) is 0 Å². The third-order valence-electron chi connectivity index (χ3n) is 5.80. The molecule has 0 fully saturated rings. The molecular formula is C35H30O10. The number of ether oxygens (including phenoxy) is 5. The van der Waals surface area contributed by atoms with Crippen LogP contribution in [0.25, 0.3) is 22.3 Å². The largest absolute Gasteiger partial charge is 0.521 e. The molecule has 0 N–H and O–H groups in total. The summed E-state index contributed by atoms with van der Waals surface area (Å²) in [5, 5.41) is 0. The number of carbonyl (C=O) groups excluding carboxylic acids is 5. The lowest BCUT2D eigenvalue weighted by atomic mass is 9.97. The fourth-order valence-electron chi connectivity index (χ4n) is 3.43. The van der Waals surface area contributed by atoms with Crippen molar-refractivity contribution in [2.24, 2.45) is 0 Å². The molecule has 0 aliphatic heterocycles. The standard InChI is InChI=1S/C35H30O10/c1-19(2)31(36)41-25-13-9-23(10-14-25)27-17-30(44-33(38)21(5)6)28(18-29(27)43-32(37)20(3)4)24-11-15-26(16-12-24)42-35(40)45-34(39)22(7)8/h9-18H,1,3,5,7H2,2,4,6,8H3. The molecule has 0 unspecified atom stereocenters. The lowest BCUT2D eigenvalue weighted by Gasteiger charge is -2.17. The first-order chi connectivity index (χ1) is 21.2. The van der Waals surface area contributed by atoms with E-state index in [4.69, 9.17) is 18.9 Å². The first-order valence-electron chi connectivity index (χ1n) is 13.3. The van der Waals surface area contributed by atoms with Gasteiger partial charge in [-0.25, -0.2) is 24.0 Å². The Kier molecular flexibility index (Phi) is 10.7. The van der Waals surface area contributed by atoms with Gasteiger partial charge in [-0.05, 0) is 75.2 Å². The zero-order chi connectivity index (χ0) is 33.4. The Bertz CT molecular complexity index is 1740. The minimum Gasteiger partial charge on any atom is -0.423 e. The molecule has 3 aromatic carbocycles. The maximum absolute atomic E-state index is 12.6. The summed E-state index contributed by atoms with van der Waals surface area (Å²) < 4.78 is 26.2. The molecule has 0 saturated carbocycles. The van der Waals surface area contributed by atoms with Crippen LogP contribution in [0.4, 0.5) is 4.79 Å². The van der Waals surface area contributed by atoms with Gasteiger partial charge in [-0.2, -0.15) is 0 Å². The number of benzene rings is 3. The van der Waals surface area contributed by atoms with Crippen LogP contribution in [0.15, 0.2) is 109 Å². The van der Waals surface area contributed by atoms with E-state index in [1.54, 1.807) is 36.4 Å². The minimum absolute atomic E-state index is 0.0212. The quantitative estimate of drug-likeness (QED) is 0.0771. The molecule has 0 radical (unpaired) electrons. The van der Waals surface area contributed by atoms with Gasteiger partial charge in [0.1, 0.15) is 23.0 Å². The van der Waals surface area contributed by atoms with Crippen LogP contribution in [0.1, 0.15) is 27.7 Å². The second-order valence-electron chi connectivity index (χ2n) is 9.92. The lowest BCUT2D eigenvalue weighted by Crippen LogP contribution is -2.16. The molecule has 0 saturated heterocycles. The fourth-order valence-corrected chi connectivity index (χ4v) is 3.43. The molecule has 0 atom stereocenters. The van der Waals surface area contributed by atoms with Gasteiger partial charge in [-0.15, -0.1) is 0 Å². The summed E-state index contributed by atoms with van der Waals surface area (Å²) in [6.07, 6.45) is -1.24. The Balaban J connectivity index is 2.11. The Morgan fingerprint density at radius 1 is 0.467 bits per heavy atom. The second kappa shape index (κ2) is 14.4. The van der Waals surface area contributed by atoms with Gasteiger partial charge < -0.3 is 23.7 Å². The summed E-state index contributed by atoms with van der Waals surface area (Å²) in [6, 6.07) is 15.3. The summed E-state index contributed by atoms with van der Waals surface area (Å²) in [4.78, 5) is 60.7. The maximum Gasteiger partial charge on any atom is 0.521 e. The molecule has 0 amide bonds. The normalized spacial score (nSPS) is 10.1. The number of hydrogen-bond donors (Lipinski definition) is 0. The molecule has 0 bridgehead atoms. The van der Waals surface area contributed by atoms with Crippen molar-refractivity contribution in [3.05, 3.63) is 109 Å². The van der Waals surface area contributed by atoms with Crippen molar-refractivity contribution in [3.63, 3.8) is 0 Å². The number of rotatable bonds is 10. The van der Waals surface area contributed by atoms with E-state index in [0.29, 0.717) is 22.3 Å². The van der Waals surface area contributed by atoms with Crippen molar-refractivity contribution in [1.29, 1.82) is 0 Å². The molecule has 0 heterocycles. The van der Waals surface area contributed by atoms with Crippen molar-refractivity contribution in [2.75, 3.05) is 0 Å². The molecule has 0 aliphatic rings. The highest BCUT2D eigenvalue weighted by atomic mass is 16.7. The van der Waals surface area contributed by atoms with E-state index in [9.17, 15) is 24.0 Å². The highest BCUT2D eigenvalue weighted by Gasteiger charge is 2.21. The zero-order valence-corrected chi connectivity index (χ0v) is 25.2. The number of hydrogen-bond acceptors (Lipinski definition) is 10. The van der Waals surface area contributed by atoms with Gasteiger partial charge in [0, 0.05) is 33.4 Å². The molecular weight excluding hydrogens is 580 g/mol. The van der Waals surface area contributed by atoms with E-state index in [1.165, 1.54) is 52.0 Å². The van der Waals surface area contributed by atoms with Crippen LogP contribution < -0.4 is 18.9 Å². The predicted molar refractivity (Wildman–Crippen MR) is 166 cm³/mol. The molecule has 0 aliphatic carbocycles. The smallest absolute Gasteiger partial charge is 0.423 e. The van der Waals surface area contributed by atoms with E-state index in [-0.39, 0.29) is 45.3 Å². The number of carbonyl (C=O) groups is 5. The Labute approximate surface area is 259 Å². The molecule has 3 aromatic rings. The first kappa shape index (κ1) is 33.5. The predicted octanol–water partition coefficient (Wildman–Crippen LogP) is 7.08. The monoisotopic (exact) mass is 610 g/mol. The van der Waals surface area contributed by atoms with E-state index in [1.807, 2.05) is 0 Å². The van der Waals surface area contributed by atoms with Crippen LogP contribution in [-0.2, 0) is 23.9 Å². The van der Waals surface area contributed by atoms with Crippen LogP contribution in [0, 0.1) is 0 Å². The van der Waals surface area contributed by atoms with Crippen molar-refractivity contribution in [1.82, 2.24) is 0 Å². The summed E-state index contributed by atoms with van der Waals surface area (Å²) in [5.74, 6) is -2.43. The topological polar surface area (TPSA) is 132 Å². The van der Waals surface area contributed by atoms with Crippen LogP contribution in [0.3, 0.4) is 0 Å². The zero-order valence-electron chi connectivity index (χ0n) is 25.2. The summed E-state index contributed by atoms with van der Waals surface area (Å²) in [5.41, 5.74) is 2.21. The summed E-state index contributed by atoms with van der Waals surface area (Å²) >= 11 is 0. The third-order valence-corrected chi connectivity index (χ3v) is 5.80. The Morgan fingerprint density at radius 2 is 0.800 bits per heavy atom. The third kappa shape index (κ3) is 8.98. The average Bonchev–Trinajstić information content (AvgIpc) is 2.98. The van der Waals surface area contributed by atoms with Crippen molar-refractivity contribution >= 4 is 30.0 Å². The van der Waals surface area contributed by atoms with Gasteiger partial charge in [-0.1, -0.05) is 50.6 Å². The van der Waals surface area contributed by atoms with Gasteiger partial charge >= 0.3 is 30.0 Å². The maximum atomic E-state index is 12.6. The second-order valence-corrected chi connectivity index (χ2v) is 9.92. The van der Waals surface area contributed by atoms with E-state index in [2.05, 4.69) is 31.1 Å². The van der Waals surface area contributed by atoms with Crippen LogP contribution in [0.2, 0.25) is 0 Å². The van der Waals surface area contributed by atoms with Crippen LogP contribution in [0.5, 0.6) is 23.0 Å².